The molecular formula is C36H46N6O7. The highest BCUT2D eigenvalue weighted by molar-refractivity contribution is 5.92. The molecule has 13 nitrogen and oxygen atoms in total. The molecule has 0 aliphatic heterocycles. The van der Waals surface area contributed by atoms with Gasteiger partial charge in [-0.15, -0.1) is 10.2 Å². The molecule has 0 unspecified atom stereocenters. The number of esters is 1. The minimum atomic E-state index is -0.413. The number of amides is 2. The van der Waals surface area contributed by atoms with Gasteiger partial charge in [0.05, 0.1) is 12.2 Å². The third kappa shape index (κ3) is 11.2. The van der Waals surface area contributed by atoms with Gasteiger partial charge in [0, 0.05) is 50.9 Å². The number of carbonyl (C=O) groups is 3. The number of carbonyl (C=O) groups excluding carboxylic acids is 3. The Kier molecular flexibility index (Phi) is 15.2. The van der Waals surface area contributed by atoms with Crippen molar-refractivity contribution in [3.8, 4) is 28.6 Å². The van der Waals surface area contributed by atoms with Gasteiger partial charge in [0.15, 0.2) is 5.82 Å². The molecule has 1 aromatic heterocycles. The third-order valence-corrected chi connectivity index (χ3v) is 7.42. The lowest BCUT2D eigenvalue weighted by atomic mass is 9.98. The number of aliphatic hydroxyl groups excluding tert-OH is 1. The summed E-state index contributed by atoms with van der Waals surface area (Å²) in [5, 5.41) is 44.0. The normalized spacial score (nSPS) is 10.8. The molecule has 3 aromatic carbocycles. The monoisotopic (exact) mass is 674 g/mol. The van der Waals surface area contributed by atoms with Gasteiger partial charge in [0.25, 0.3) is 5.91 Å². The number of phenolic OH excluding ortho intramolecular Hbond substituents is 2. The molecule has 2 amide bonds. The molecular weight excluding hydrogens is 628 g/mol. The molecule has 0 fully saturated rings. The summed E-state index contributed by atoms with van der Waals surface area (Å²) >= 11 is 0. The van der Waals surface area contributed by atoms with Crippen LogP contribution in [0.2, 0.25) is 0 Å². The topological polar surface area (TPSA) is 179 Å². The zero-order valence-corrected chi connectivity index (χ0v) is 28.4. The fourth-order valence-electron chi connectivity index (χ4n) is 4.87. The fourth-order valence-corrected chi connectivity index (χ4v) is 4.87. The number of phenols is 2. The number of ether oxygens (including phenoxy) is 1. The van der Waals surface area contributed by atoms with Gasteiger partial charge in [0.2, 0.25) is 12.2 Å². The van der Waals surface area contributed by atoms with E-state index < -0.39 is 5.91 Å². The zero-order chi connectivity index (χ0) is 35.8. The van der Waals surface area contributed by atoms with Crippen LogP contribution in [0.15, 0.2) is 66.7 Å². The van der Waals surface area contributed by atoms with E-state index in [0.29, 0.717) is 69.0 Å². The summed E-state index contributed by atoms with van der Waals surface area (Å²) in [5.41, 5.74) is 3.57. The van der Waals surface area contributed by atoms with E-state index in [-0.39, 0.29) is 41.6 Å². The summed E-state index contributed by atoms with van der Waals surface area (Å²) in [7, 11) is 0. The maximum Gasteiger partial charge on any atom is 0.305 e. The first-order valence-electron chi connectivity index (χ1n) is 16.2. The number of aromatic hydroxyl groups is 2. The van der Waals surface area contributed by atoms with Crippen LogP contribution in [-0.4, -0.2) is 86.1 Å². The van der Waals surface area contributed by atoms with E-state index in [9.17, 15) is 29.7 Å². The Morgan fingerprint density at radius 3 is 2.29 bits per heavy atom. The van der Waals surface area contributed by atoms with Crippen LogP contribution in [0.5, 0.6) is 11.5 Å². The molecule has 49 heavy (non-hydrogen) atoms. The summed E-state index contributed by atoms with van der Waals surface area (Å²) in [4.78, 5) is 36.1. The van der Waals surface area contributed by atoms with Crippen molar-refractivity contribution < 1.29 is 34.4 Å². The molecule has 13 heteroatoms. The quantitative estimate of drug-likeness (QED) is 0.0665. The molecule has 1 heterocycles. The van der Waals surface area contributed by atoms with Crippen LogP contribution < -0.4 is 10.6 Å². The largest absolute Gasteiger partial charge is 0.508 e. The Hall–Kier alpha value is -5.27. The molecule has 0 aliphatic carbocycles. The standard InChI is InChI=1S/C26H34N6O5.C10H12O2/c1-4-28-26(37)25-30-29-24(21-13-20(17(2)3)22(35)14-23(21)36)32(25)19-7-5-18(6-8-19)15-31(11-12-33)10-9-27-16-34;1-2-10(11)12-8-9-6-4-3-5-7-9/h5-8,13-14,16-17,33,35-36H,4,9-12,15H2,1-3H3,(H,27,34)(H,28,37);3-7H,2,8H2,1H3. The summed E-state index contributed by atoms with van der Waals surface area (Å²) in [5.74, 6) is -0.463. The number of benzene rings is 3. The second kappa shape index (κ2) is 19.5. The molecule has 0 saturated heterocycles. The van der Waals surface area contributed by atoms with Crippen molar-refractivity contribution in [3.63, 3.8) is 0 Å². The molecule has 0 atom stereocenters. The molecule has 4 rings (SSSR count). The first-order valence-corrected chi connectivity index (χ1v) is 16.2. The highest BCUT2D eigenvalue weighted by atomic mass is 16.5. The fraction of sp³-hybridized carbons (Fsp3) is 0.361. The number of aliphatic hydroxyl groups is 1. The van der Waals surface area contributed by atoms with Crippen LogP contribution in [-0.2, 0) is 27.5 Å². The maximum atomic E-state index is 12.8. The molecule has 0 bridgehead atoms. The molecule has 0 spiro atoms. The highest BCUT2D eigenvalue weighted by Gasteiger charge is 2.24. The number of rotatable bonds is 16. The van der Waals surface area contributed by atoms with E-state index in [0.717, 1.165) is 11.1 Å². The minimum Gasteiger partial charge on any atom is -0.508 e. The summed E-state index contributed by atoms with van der Waals surface area (Å²) in [6.45, 7) is 10.3. The average Bonchev–Trinajstić information content (AvgIpc) is 3.53. The molecule has 0 radical (unpaired) electrons. The van der Waals surface area contributed by atoms with Gasteiger partial charge in [-0.1, -0.05) is 63.2 Å². The van der Waals surface area contributed by atoms with Gasteiger partial charge in [-0.25, -0.2) is 0 Å². The van der Waals surface area contributed by atoms with Crippen LogP contribution in [0.25, 0.3) is 17.1 Å². The minimum absolute atomic E-state index is 0.00632. The predicted molar refractivity (Wildman–Crippen MR) is 185 cm³/mol. The van der Waals surface area contributed by atoms with Gasteiger partial charge < -0.3 is 30.7 Å². The SMILES string of the molecule is CCC(=O)OCc1ccccc1.CCNC(=O)c1nnc(-c2cc(C(C)C)c(O)cc2O)n1-c1ccc(CN(CCO)CCNC=O)cc1. The van der Waals surface area contributed by atoms with Crippen LogP contribution in [0.3, 0.4) is 0 Å². The van der Waals surface area contributed by atoms with Gasteiger partial charge in [-0.05, 0) is 47.7 Å². The van der Waals surface area contributed by atoms with E-state index in [1.165, 1.54) is 6.07 Å². The third-order valence-electron chi connectivity index (χ3n) is 7.42. The lowest BCUT2D eigenvalue weighted by Crippen LogP contribution is -2.33. The lowest BCUT2D eigenvalue weighted by molar-refractivity contribution is -0.144. The zero-order valence-electron chi connectivity index (χ0n) is 28.4. The second-order valence-electron chi connectivity index (χ2n) is 11.4. The first kappa shape index (κ1) is 38.2. The van der Waals surface area contributed by atoms with Crippen LogP contribution in [0, 0.1) is 0 Å². The highest BCUT2D eigenvalue weighted by Crippen LogP contribution is 2.38. The Morgan fingerprint density at radius 2 is 1.67 bits per heavy atom. The number of hydrogen-bond acceptors (Lipinski definition) is 10. The molecule has 0 aliphatic rings. The maximum absolute atomic E-state index is 12.8. The van der Waals surface area contributed by atoms with E-state index in [4.69, 9.17) is 4.74 Å². The predicted octanol–water partition coefficient (Wildman–Crippen LogP) is 3.90. The van der Waals surface area contributed by atoms with Crippen molar-refractivity contribution in [1.82, 2.24) is 30.3 Å². The Bertz CT molecular complexity index is 1640. The number of nitrogens with zero attached hydrogens (tertiary/aromatic N) is 4. The van der Waals surface area contributed by atoms with Crippen molar-refractivity contribution in [2.24, 2.45) is 0 Å². The number of hydrogen-bond donors (Lipinski definition) is 5. The van der Waals surface area contributed by atoms with Gasteiger partial charge in [-0.2, -0.15) is 0 Å². The van der Waals surface area contributed by atoms with E-state index in [1.807, 2.05) is 73.3 Å². The van der Waals surface area contributed by atoms with Crippen LogP contribution >= 0.6 is 0 Å². The van der Waals surface area contributed by atoms with Crippen molar-refractivity contribution in [2.75, 3.05) is 32.8 Å². The van der Waals surface area contributed by atoms with E-state index in [1.54, 1.807) is 24.5 Å². The van der Waals surface area contributed by atoms with E-state index in [2.05, 4.69) is 20.8 Å². The Morgan fingerprint density at radius 1 is 0.959 bits per heavy atom. The molecule has 4 aromatic rings. The Labute approximate surface area is 286 Å². The average molecular weight is 675 g/mol. The van der Waals surface area contributed by atoms with Crippen molar-refractivity contribution in [1.29, 1.82) is 0 Å². The van der Waals surface area contributed by atoms with Crippen molar-refractivity contribution >= 4 is 18.3 Å². The van der Waals surface area contributed by atoms with Crippen molar-refractivity contribution in [2.45, 2.75) is 53.2 Å². The molecule has 0 saturated carbocycles. The molecule has 5 N–H and O–H groups in total. The molecule has 262 valence electrons. The van der Waals surface area contributed by atoms with Crippen LogP contribution in [0.4, 0.5) is 0 Å². The number of aromatic nitrogens is 3. The summed E-state index contributed by atoms with van der Waals surface area (Å²) in [6.07, 6.45) is 1.08. The summed E-state index contributed by atoms with van der Waals surface area (Å²) < 4.78 is 6.51. The summed E-state index contributed by atoms with van der Waals surface area (Å²) in [6, 6.07) is 20.0. The van der Waals surface area contributed by atoms with Gasteiger partial charge in [0.1, 0.15) is 18.1 Å². The smallest absolute Gasteiger partial charge is 0.305 e. The van der Waals surface area contributed by atoms with E-state index >= 15 is 0 Å². The second-order valence-corrected chi connectivity index (χ2v) is 11.4. The lowest BCUT2D eigenvalue weighted by Gasteiger charge is -2.21. The number of nitrogens with one attached hydrogen (secondary N) is 2. The first-order chi connectivity index (χ1) is 23.6. The van der Waals surface area contributed by atoms with Gasteiger partial charge in [-0.3, -0.25) is 23.9 Å². The van der Waals surface area contributed by atoms with Crippen molar-refractivity contribution in [3.05, 3.63) is 89.2 Å². The van der Waals surface area contributed by atoms with Crippen LogP contribution in [0.1, 0.15) is 67.3 Å². The van der Waals surface area contributed by atoms with Gasteiger partial charge >= 0.3 is 5.97 Å². The Balaban J connectivity index is 0.000000456.